The lowest BCUT2D eigenvalue weighted by molar-refractivity contribution is -0.117. The van der Waals surface area contributed by atoms with Crippen molar-refractivity contribution in [2.75, 3.05) is 28.8 Å². The van der Waals surface area contributed by atoms with Crippen molar-refractivity contribution in [3.05, 3.63) is 59.2 Å². The third kappa shape index (κ3) is 5.49. The molecule has 2 N–H and O–H groups in total. The lowest BCUT2D eigenvalue weighted by atomic mass is 9.79. The van der Waals surface area contributed by atoms with Crippen LogP contribution < -0.4 is 15.5 Å². The van der Waals surface area contributed by atoms with E-state index in [1.807, 2.05) is 23.1 Å². The van der Waals surface area contributed by atoms with E-state index in [1.165, 1.54) is 0 Å². The van der Waals surface area contributed by atoms with Gasteiger partial charge in [0.25, 0.3) is 5.91 Å². The van der Waals surface area contributed by atoms with Crippen LogP contribution >= 0.6 is 0 Å². The molecule has 9 heteroatoms. The van der Waals surface area contributed by atoms with Crippen molar-refractivity contribution in [2.24, 2.45) is 11.8 Å². The van der Waals surface area contributed by atoms with Gasteiger partial charge < -0.3 is 15.5 Å². The van der Waals surface area contributed by atoms with Gasteiger partial charge in [-0.3, -0.25) is 9.59 Å². The highest BCUT2D eigenvalue weighted by atomic mass is 32.2. The molecule has 1 heterocycles. The van der Waals surface area contributed by atoms with Gasteiger partial charge in [-0.1, -0.05) is 6.92 Å². The minimum atomic E-state index is -3.19. The van der Waals surface area contributed by atoms with Crippen molar-refractivity contribution in [3.8, 4) is 6.07 Å². The summed E-state index contributed by atoms with van der Waals surface area (Å²) in [6, 6.07) is 14.5. The van der Waals surface area contributed by atoms with Crippen molar-refractivity contribution >= 4 is 33.0 Å². The number of fused-ring (bicyclic) bond motifs is 1. The zero-order valence-electron chi connectivity index (χ0n) is 20.1. The van der Waals surface area contributed by atoms with Gasteiger partial charge in [0, 0.05) is 48.6 Å². The van der Waals surface area contributed by atoms with E-state index in [9.17, 15) is 18.0 Å². The Balaban J connectivity index is 1.70. The van der Waals surface area contributed by atoms with Crippen LogP contribution in [-0.2, 0) is 14.6 Å². The fourth-order valence-corrected chi connectivity index (χ4v) is 5.45. The van der Waals surface area contributed by atoms with Gasteiger partial charge in [0.15, 0.2) is 0 Å². The molecule has 2 aromatic carbocycles. The second-order valence-corrected chi connectivity index (χ2v) is 11.8. The summed E-state index contributed by atoms with van der Waals surface area (Å²) in [4.78, 5) is 27.4. The molecule has 2 aromatic rings. The Morgan fingerprint density at radius 3 is 2.40 bits per heavy atom. The van der Waals surface area contributed by atoms with E-state index in [1.54, 1.807) is 31.2 Å². The number of rotatable bonds is 7. The van der Waals surface area contributed by atoms with Crippen LogP contribution in [0.2, 0.25) is 0 Å². The summed E-state index contributed by atoms with van der Waals surface area (Å²) in [7, 11) is -3.19. The van der Waals surface area contributed by atoms with Gasteiger partial charge in [-0.05, 0) is 66.8 Å². The first-order chi connectivity index (χ1) is 16.6. The molecule has 2 amide bonds. The van der Waals surface area contributed by atoms with Crippen LogP contribution in [0.5, 0.6) is 0 Å². The lowest BCUT2D eigenvalue weighted by Gasteiger charge is -2.46. The number of sulfone groups is 1. The van der Waals surface area contributed by atoms with Gasteiger partial charge >= 0.3 is 0 Å². The number of nitriles is 1. The number of carbonyl (C=O) groups is 2. The quantitative estimate of drug-likeness (QED) is 0.610. The van der Waals surface area contributed by atoms with E-state index < -0.39 is 9.84 Å². The van der Waals surface area contributed by atoms with Crippen LogP contribution in [0, 0.1) is 23.2 Å². The molecule has 0 radical (unpaired) electrons. The second kappa shape index (κ2) is 9.70. The molecule has 3 atom stereocenters. The van der Waals surface area contributed by atoms with Crippen molar-refractivity contribution in [1.82, 2.24) is 5.32 Å². The average molecular weight is 495 g/mol. The van der Waals surface area contributed by atoms with Crippen LogP contribution in [0.25, 0.3) is 0 Å². The Bertz CT molecular complexity index is 1280. The molecule has 0 aromatic heterocycles. The first-order valence-corrected chi connectivity index (χ1v) is 13.8. The Morgan fingerprint density at radius 2 is 1.83 bits per heavy atom. The summed E-state index contributed by atoms with van der Waals surface area (Å²) >= 11 is 0. The Morgan fingerprint density at radius 1 is 1.14 bits per heavy atom. The van der Waals surface area contributed by atoms with Crippen molar-refractivity contribution in [2.45, 2.75) is 38.8 Å². The topological polar surface area (TPSA) is 119 Å². The molecule has 1 aliphatic heterocycles. The van der Waals surface area contributed by atoms with E-state index in [0.29, 0.717) is 17.0 Å². The monoisotopic (exact) mass is 494 g/mol. The number of anilines is 2. The molecular weight excluding hydrogens is 464 g/mol. The van der Waals surface area contributed by atoms with Crippen LogP contribution in [-0.4, -0.2) is 44.8 Å². The predicted molar refractivity (Wildman–Crippen MR) is 135 cm³/mol. The number of hydrogen-bond acceptors (Lipinski definition) is 6. The largest absolute Gasteiger partial charge is 0.378 e. The average Bonchev–Trinajstić information content (AvgIpc) is 3.64. The Hall–Kier alpha value is -3.38. The highest BCUT2D eigenvalue weighted by molar-refractivity contribution is 7.90. The first kappa shape index (κ1) is 24.7. The highest BCUT2D eigenvalue weighted by Gasteiger charge is 2.47. The third-order valence-corrected chi connectivity index (χ3v) is 7.73. The normalized spacial score (nSPS) is 21.5. The molecule has 4 rings (SSSR count). The number of carbonyl (C=O) groups excluding carboxylic acids is 2. The SMILES string of the molecule is CC(=O)N1c2ccc(C(=O)NCCS(C)(=O)=O)cc2[C@H](Nc2ccc(C#N)cc2)[C@@H](C)[C@@H]1C1CC1. The molecule has 35 heavy (non-hydrogen) atoms. The maximum absolute atomic E-state index is 12.8. The molecule has 184 valence electrons. The van der Waals surface area contributed by atoms with Crippen LogP contribution in [0.3, 0.4) is 0 Å². The molecule has 2 aliphatic rings. The summed E-state index contributed by atoms with van der Waals surface area (Å²) in [5.41, 5.74) is 3.44. The van der Waals surface area contributed by atoms with Crippen LogP contribution in [0.4, 0.5) is 11.4 Å². The van der Waals surface area contributed by atoms with E-state index in [-0.39, 0.29) is 42.1 Å². The van der Waals surface area contributed by atoms with E-state index in [0.717, 1.165) is 36.0 Å². The standard InChI is InChI=1S/C26H30N4O4S/c1-16-24(29-21-9-4-18(15-27)5-10-21)22-14-20(26(32)28-12-13-35(3,33)34)8-11-23(22)30(17(2)31)25(16)19-6-7-19/h4-5,8-11,14,16,19,24-25,29H,6-7,12-13H2,1-3H3,(H,28,32)/t16-,24-,25-/m1/s1. The summed E-state index contributed by atoms with van der Waals surface area (Å²) in [6.45, 7) is 3.73. The third-order valence-electron chi connectivity index (χ3n) is 6.79. The smallest absolute Gasteiger partial charge is 0.251 e. The maximum Gasteiger partial charge on any atom is 0.251 e. The Labute approximate surface area is 206 Å². The number of benzene rings is 2. The fourth-order valence-electron chi connectivity index (χ4n) is 4.98. The lowest BCUT2D eigenvalue weighted by Crippen LogP contribution is -2.51. The molecule has 0 saturated heterocycles. The molecule has 1 aliphatic carbocycles. The molecule has 1 fully saturated rings. The van der Waals surface area contributed by atoms with Gasteiger partial charge in [0.05, 0.1) is 23.4 Å². The van der Waals surface area contributed by atoms with Crippen molar-refractivity contribution < 1.29 is 18.0 Å². The van der Waals surface area contributed by atoms with Gasteiger partial charge in [-0.25, -0.2) is 8.42 Å². The number of hydrogen-bond donors (Lipinski definition) is 2. The van der Waals surface area contributed by atoms with Crippen molar-refractivity contribution in [3.63, 3.8) is 0 Å². The van der Waals surface area contributed by atoms with Crippen LogP contribution in [0.15, 0.2) is 42.5 Å². The number of amides is 2. The van der Waals surface area contributed by atoms with Gasteiger partial charge in [0.2, 0.25) is 5.91 Å². The molecule has 0 unspecified atom stereocenters. The molecule has 0 bridgehead atoms. The summed E-state index contributed by atoms with van der Waals surface area (Å²) in [5, 5.41) is 15.4. The molecular formula is C26H30N4O4S. The predicted octanol–water partition coefficient (Wildman–Crippen LogP) is 3.27. The van der Waals surface area contributed by atoms with E-state index >= 15 is 0 Å². The molecule has 1 saturated carbocycles. The summed E-state index contributed by atoms with van der Waals surface area (Å²) < 4.78 is 22.8. The molecule has 8 nitrogen and oxygen atoms in total. The highest BCUT2D eigenvalue weighted by Crippen LogP contribution is 2.50. The summed E-state index contributed by atoms with van der Waals surface area (Å²) in [6.07, 6.45) is 3.29. The zero-order valence-corrected chi connectivity index (χ0v) is 20.9. The summed E-state index contributed by atoms with van der Waals surface area (Å²) in [5.74, 6) is -0.0217. The van der Waals surface area contributed by atoms with Gasteiger partial charge in [-0.15, -0.1) is 0 Å². The van der Waals surface area contributed by atoms with Gasteiger partial charge in [0.1, 0.15) is 9.84 Å². The number of nitrogens with zero attached hydrogens (tertiary/aromatic N) is 2. The van der Waals surface area contributed by atoms with Crippen LogP contribution in [0.1, 0.15) is 54.2 Å². The number of nitrogens with one attached hydrogen (secondary N) is 2. The minimum Gasteiger partial charge on any atom is -0.378 e. The van der Waals surface area contributed by atoms with E-state index in [2.05, 4.69) is 23.6 Å². The fraction of sp³-hybridized carbons (Fsp3) is 0.423. The minimum absolute atomic E-state index is 0.0292. The molecule has 0 spiro atoms. The second-order valence-electron chi connectivity index (χ2n) is 9.55. The maximum atomic E-state index is 12.8. The first-order valence-electron chi connectivity index (χ1n) is 11.8. The van der Waals surface area contributed by atoms with Gasteiger partial charge in [-0.2, -0.15) is 5.26 Å². The zero-order chi connectivity index (χ0) is 25.3. The Kier molecular flexibility index (Phi) is 6.86. The van der Waals surface area contributed by atoms with E-state index in [4.69, 9.17) is 5.26 Å². The van der Waals surface area contributed by atoms with Crippen molar-refractivity contribution in [1.29, 1.82) is 5.26 Å².